The van der Waals surface area contributed by atoms with Gasteiger partial charge in [0.15, 0.2) is 0 Å². The first kappa shape index (κ1) is 11.0. The summed E-state index contributed by atoms with van der Waals surface area (Å²) in [5.41, 5.74) is 0.978. The molecule has 0 aliphatic rings. The molecule has 0 radical (unpaired) electrons. The van der Waals surface area contributed by atoms with E-state index >= 15 is 0 Å². The van der Waals surface area contributed by atoms with Crippen LogP contribution in [0.25, 0.3) is 11.3 Å². The van der Waals surface area contributed by atoms with Crippen molar-refractivity contribution in [1.29, 1.82) is 0 Å². The Morgan fingerprint density at radius 2 is 1.94 bits per heavy atom. The van der Waals surface area contributed by atoms with Crippen LogP contribution in [0.4, 0.5) is 0 Å². The second kappa shape index (κ2) is 3.82. The molecule has 0 aliphatic carbocycles. The molecular formula is C11H10N2O4. The van der Waals surface area contributed by atoms with Crippen molar-refractivity contribution in [3.63, 3.8) is 0 Å². The smallest absolute Gasteiger partial charge is 0.353 e. The molecule has 0 saturated heterocycles. The normalized spacial score (nSPS) is 10.4. The number of rotatable bonds is 2. The molecule has 0 spiro atoms. The van der Waals surface area contributed by atoms with Gasteiger partial charge in [-0.05, 0) is 30.7 Å². The van der Waals surface area contributed by atoms with Gasteiger partial charge < -0.3 is 15.3 Å². The average molecular weight is 234 g/mol. The molecule has 0 unspecified atom stereocenters. The van der Waals surface area contributed by atoms with Gasteiger partial charge in [0.25, 0.3) is 0 Å². The Labute approximate surface area is 96.2 Å². The highest BCUT2D eigenvalue weighted by Gasteiger charge is 2.13. The third-order valence-electron chi connectivity index (χ3n) is 2.40. The zero-order chi connectivity index (χ0) is 12.6. The first-order valence-electron chi connectivity index (χ1n) is 4.80. The monoisotopic (exact) mass is 234 g/mol. The molecule has 6 nitrogen and oxygen atoms in total. The second-order valence-electron chi connectivity index (χ2n) is 3.63. The quantitative estimate of drug-likeness (QED) is 0.589. The number of H-pyrrole nitrogens is 1. The van der Waals surface area contributed by atoms with Crippen molar-refractivity contribution >= 4 is 5.97 Å². The molecular weight excluding hydrogens is 224 g/mol. The number of aromatic hydroxyl groups is 2. The van der Waals surface area contributed by atoms with Gasteiger partial charge in [-0.3, -0.25) is 5.10 Å². The fourth-order valence-corrected chi connectivity index (χ4v) is 1.46. The van der Waals surface area contributed by atoms with E-state index in [2.05, 4.69) is 10.2 Å². The Hall–Kier alpha value is -2.50. The highest BCUT2D eigenvalue weighted by Crippen LogP contribution is 2.33. The van der Waals surface area contributed by atoms with E-state index < -0.39 is 5.97 Å². The molecule has 0 amide bonds. The SMILES string of the molecule is Cc1cc(O)c(-c2cc(C(=O)O)[nH]n2)cc1O. The van der Waals surface area contributed by atoms with E-state index in [0.29, 0.717) is 5.56 Å². The number of benzene rings is 1. The largest absolute Gasteiger partial charge is 0.508 e. The fourth-order valence-electron chi connectivity index (χ4n) is 1.46. The predicted octanol–water partition coefficient (Wildman–Crippen LogP) is 1.49. The maximum Gasteiger partial charge on any atom is 0.353 e. The van der Waals surface area contributed by atoms with Crippen LogP contribution < -0.4 is 0 Å². The van der Waals surface area contributed by atoms with Gasteiger partial charge in [0.05, 0.1) is 5.69 Å². The minimum atomic E-state index is -1.14. The van der Waals surface area contributed by atoms with E-state index in [1.165, 1.54) is 18.2 Å². The number of phenolic OH excluding ortho intramolecular Hbond substituents is 2. The molecule has 0 fully saturated rings. The molecule has 17 heavy (non-hydrogen) atoms. The average Bonchev–Trinajstić information content (AvgIpc) is 2.72. The van der Waals surface area contributed by atoms with Gasteiger partial charge in [-0.1, -0.05) is 0 Å². The van der Waals surface area contributed by atoms with Gasteiger partial charge in [0.1, 0.15) is 17.2 Å². The maximum atomic E-state index is 10.7. The lowest BCUT2D eigenvalue weighted by Crippen LogP contribution is -1.95. The first-order chi connectivity index (χ1) is 7.99. The van der Waals surface area contributed by atoms with E-state index in [9.17, 15) is 15.0 Å². The third kappa shape index (κ3) is 1.92. The summed E-state index contributed by atoms with van der Waals surface area (Å²) in [5.74, 6) is -1.19. The molecule has 6 heteroatoms. The fraction of sp³-hybridized carbons (Fsp3) is 0.0909. The number of carboxylic acids is 1. The number of nitrogens with zero attached hydrogens (tertiary/aromatic N) is 1. The summed E-state index contributed by atoms with van der Waals surface area (Å²) in [7, 11) is 0. The van der Waals surface area contributed by atoms with Gasteiger partial charge in [0.2, 0.25) is 0 Å². The van der Waals surface area contributed by atoms with Gasteiger partial charge in [-0.2, -0.15) is 5.10 Å². The van der Waals surface area contributed by atoms with Crippen LogP contribution in [-0.4, -0.2) is 31.5 Å². The molecule has 1 heterocycles. The molecule has 0 saturated carbocycles. The lowest BCUT2D eigenvalue weighted by molar-refractivity contribution is 0.0690. The van der Waals surface area contributed by atoms with Crippen LogP contribution in [0.1, 0.15) is 16.1 Å². The number of aromatic carboxylic acids is 1. The number of nitrogens with one attached hydrogen (secondary N) is 1. The van der Waals surface area contributed by atoms with Crippen LogP contribution in [0.5, 0.6) is 11.5 Å². The van der Waals surface area contributed by atoms with Crippen molar-refractivity contribution < 1.29 is 20.1 Å². The predicted molar refractivity (Wildman–Crippen MR) is 59.0 cm³/mol. The summed E-state index contributed by atoms with van der Waals surface area (Å²) in [4.78, 5) is 10.7. The standard InChI is InChI=1S/C11H10N2O4/c1-5-2-10(15)6(3-9(5)14)7-4-8(11(16)17)13-12-7/h2-4,14-15H,1H3,(H,12,13)(H,16,17). The molecule has 1 aromatic heterocycles. The van der Waals surface area contributed by atoms with Crippen LogP contribution in [0.2, 0.25) is 0 Å². The number of hydrogen-bond donors (Lipinski definition) is 4. The number of hydrogen-bond acceptors (Lipinski definition) is 4. The minimum Gasteiger partial charge on any atom is -0.508 e. The summed E-state index contributed by atoms with van der Waals surface area (Å²) >= 11 is 0. The highest BCUT2D eigenvalue weighted by molar-refractivity contribution is 5.87. The van der Waals surface area contributed by atoms with E-state index in [1.54, 1.807) is 6.92 Å². The topological polar surface area (TPSA) is 106 Å². The molecule has 2 aromatic rings. The number of aromatic amines is 1. The lowest BCUT2D eigenvalue weighted by atomic mass is 10.1. The Morgan fingerprint density at radius 1 is 1.24 bits per heavy atom. The van der Waals surface area contributed by atoms with Crippen LogP contribution in [-0.2, 0) is 0 Å². The molecule has 88 valence electrons. The van der Waals surface area contributed by atoms with Crippen molar-refractivity contribution in [1.82, 2.24) is 10.2 Å². The summed E-state index contributed by atoms with van der Waals surface area (Å²) in [6, 6.07) is 4.01. The summed E-state index contributed by atoms with van der Waals surface area (Å²) in [5, 5.41) is 34.1. The number of aryl methyl sites for hydroxylation is 1. The van der Waals surface area contributed by atoms with Crippen molar-refractivity contribution in [2.24, 2.45) is 0 Å². The number of carboxylic acid groups (broad SMARTS) is 1. The first-order valence-corrected chi connectivity index (χ1v) is 4.80. The third-order valence-corrected chi connectivity index (χ3v) is 2.40. The van der Waals surface area contributed by atoms with Crippen molar-refractivity contribution in [2.75, 3.05) is 0 Å². The lowest BCUT2D eigenvalue weighted by Gasteiger charge is -2.04. The maximum absolute atomic E-state index is 10.7. The van der Waals surface area contributed by atoms with Crippen molar-refractivity contribution in [2.45, 2.75) is 6.92 Å². The molecule has 0 atom stereocenters. The van der Waals surface area contributed by atoms with Crippen LogP contribution >= 0.6 is 0 Å². The second-order valence-corrected chi connectivity index (χ2v) is 3.63. The van der Waals surface area contributed by atoms with E-state index in [1.807, 2.05) is 0 Å². The van der Waals surface area contributed by atoms with E-state index in [-0.39, 0.29) is 28.5 Å². The molecule has 0 aliphatic heterocycles. The number of aromatic nitrogens is 2. The van der Waals surface area contributed by atoms with Gasteiger partial charge in [-0.15, -0.1) is 0 Å². The van der Waals surface area contributed by atoms with E-state index in [0.717, 1.165) is 0 Å². The van der Waals surface area contributed by atoms with Crippen LogP contribution in [0.15, 0.2) is 18.2 Å². The zero-order valence-electron chi connectivity index (χ0n) is 8.93. The molecule has 4 N–H and O–H groups in total. The van der Waals surface area contributed by atoms with Crippen LogP contribution in [0.3, 0.4) is 0 Å². The number of phenols is 2. The van der Waals surface area contributed by atoms with Crippen molar-refractivity contribution in [3.05, 3.63) is 29.5 Å². The van der Waals surface area contributed by atoms with Gasteiger partial charge >= 0.3 is 5.97 Å². The zero-order valence-corrected chi connectivity index (χ0v) is 8.93. The highest BCUT2D eigenvalue weighted by atomic mass is 16.4. The Morgan fingerprint density at radius 3 is 2.53 bits per heavy atom. The number of carbonyl (C=O) groups is 1. The molecule has 0 bridgehead atoms. The summed E-state index contributed by atoms with van der Waals surface area (Å²) in [6.45, 7) is 1.64. The molecule has 1 aromatic carbocycles. The van der Waals surface area contributed by atoms with Gasteiger partial charge in [-0.25, -0.2) is 4.79 Å². The summed E-state index contributed by atoms with van der Waals surface area (Å²) < 4.78 is 0. The molecule has 2 rings (SSSR count). The minimum absolute atomic E-state index is 0.0117. The van der Waals surface area contributed by atoms with Gasteiger partial charge in [0, 0.05) is 5.56 Å². The Kier molecular flexibility index (Phi) is 2.47. The summed E-state index contributed by atoms with van der Waals surface area (Å²) in [6.07, 6.45) is 0. The van der Waals surface area contributed by atoms with Crippen molar-refractivity contribution in [3.8, 4) is 22.8 Å². The Bertz CT molecular complexity index is 589. The van der Waals surface area contributed by atoms with E-state index in [4.69, 9.17) is 5.11 Å². The Balaban J connectivity index is 2.52. The van der Waals surface area contributed by atoms with Crippen LogP contribution in [0, 0.1) is 6.92 Å².